The first-order chi connectivity index (χ1) is 8.50. The molecule has 0 aliphatic carbocycles. The van der Waals surface area contributed by atoms with Crippen LogP contribution < -0.4 is 5.73 Å². The molecular formula is C12H19N5O. The molecule has 0 atom stereocenters. The third-order valence-electron chi connectivity index (χ3n) is 2.63. The Morgan fingerprint density at radius 1 is 1.44 bits per heavy atom. The van der Waals surface area contributed by atoms with Gasteiger partial charge in [0.2, 0.25) is 5.89 Å². The molecule has 0 unspecified atom stereocenters. The van der Waals surface area contributed by atoms with Crippen LogP contribution in [-0.4, -0.2) is 19.7 Å². The molecule has 0 saturated heterocycles. The first-order valence-corrected chi connectivity index (χ1v) is 6.12. The van der Waals surface area contributed by atoms with Crippen molar-refractivity contribution in [3.8, 4) is 0 Å². The fraction of sp³-hybridized carbons (Fsp3) is 0.583. The molecule has 0 aliphatic rings. The molecular weight excluding hydrogens is 230 g/mol. The van der Waals surface area contributed by atoms with Gasteiger partial charge in [0.05, 0.1) is 5.54 Å². The van der Waals surface area contributed by atoms with Crippen molar-refractivity contribution in [1.29, 1.82) is 0 Å². The summed E-state index contributed by atoms with van der Waals surface area (Å²) < 4.78 is 7.23. The standard InChI is InChI=1S/C12H19N5O/c1-4-5-9-14-6-7-17(9)8-10-15-11(16-18-10)12(2,3)13/h6-7H,4-5,8,13H2,1-3H3. The van der Waals surface area contributed by atoms with Crippen LogP contribution in [0.25, 0.3) is 0 Å². The summed E-state index contributed by atoms with van der Waals surface area (Å²) in [6.45, 7) is 6.36. The van der Waals surface area contributed by atoms with E-state index in [1.165, 1.54) is 0 Å². The summed E-state index contributed by atoms with van der Waals surface area (Å²) in [4.78, 5) is 8.61. The van der Waals surface area contributed by atoms with E-state index in [0.29, 0.717) is 18.3 Å². The maximum atomic E-state index is 5.92. The fourth-order valence-corrected chi connectivity index (χ4v) is 1.66. The van der Waals surface area contributed by atoms with Gasteiger partial charge in [-0.2, -0.15) is 4.98 Å². The van der Waals surface area contributed by atoms with Gasteiger partial charge < -0.3 is 14.8 Å². The van der Waals surface area contributed by atoms with Crippen molar-refractivity contribution in [2.75, 3.05) is 0 Å². The van der Waals surface area contributed by atoms with E-state index in [4.69, 9.17) is 10.3 Å². The van der Waals surface area contributed by atoms with Crippen LogP contribution in [0.15, 0.2) is 16.9 Å². The summed E-state index contributed by atoms with van der Waals surface area (Å²) in [5.41, 5.74) is 5.34. The summed E-state index contributed by atoms with van der Waals surface area (Å²) >= 11 is 0. The Bertz CT molecular complexity index is 509. The van der Waals surface area contributed by atoms with Gasteiger partial charge in [-0.05, 0) is 20.3 Å². The van der Waals surface area contributed by atoms with Gasteiger partial charge in [0.25, 0.3) is 0 Å². The van der Waals surface area contributed by atoms with Gasteiger partial charge >= 0.3 is 0 Å². The Morgan fingerprint density at radius 3 is 2.83 bits per heavy atom. The van der Waals surface area contributed by atoms with E-state index in [-0.39, 0.29) is 0 Å². The Morgan fingerprint density at radius 2 is 2.22 bits per heavy atom. The lowest BCUT2D eigenvalue weighted by Crippen LogP contribution is -2.30. The predicted molar refractivity (Wildman–Crippen MR) is 66.8 cm³/mol. The maximum Gasteiger partial charge on any atom is 0.246 e. The van der Waals surface area contributed by atoms with E-state index in [2.05, 4.69) is 22.0 Å². The second kappa shape index (κ2) is 4.89. The van der Waals surface area contributed by atoms with E-state index in [9.17, 15) is 0 Å². The van der Waals surface area contributed by atoms with Crippen molar-refractivity contribution in [2.24, 2.45) is 5.73 Å². The van der Waals surface area contributed by atoms with E-state index >= 15 is 0 Å². The van der Waals surface area contributed by atoms with Crippen molar-refractivity contribution in [3.63, 3.8) is 0 Å². The fourth-order valence-electron chi connectivity index (χ4n) is 1.66. The molecule has 6 nitrogen and oxygen atoms in total. The maximum absolute atomic E-state index is 5.92. The molecule has 0 radical (unpaired) electrons. The van der Waals surface area contributed by atoms with Crippen molar-refractivity contribution in [1.82, 2.24) is 19.7 Å². The summed E-state index contributed by atoms with van der Waals surface area (Å²) in [6, 6.07) is 0. The first-order valence-electron chi connectivity index (χ1n) is 6.12. The van der Waals surface area contributed by atoms with Crippen LogP contribution in [-0.2, 0) is 18.5 Å². The summed E-state index contributed by atoms with van der Waals surface area (Å²) in [6.07, 6.45) is 5.70. The first kappa shape index (κ1) is 12.8. The number of hydrogen-bond acceptors (Lipinski definition) is 5. The van der Waals surface area contributed by atoms with Crippen LogP contribution in [0, 0.1) is 0 Å². The van der Waals surface area contributed by atoms with Gasteiger partial charge in [0.1, 0.15) is 12.4 Å². The lowest BCUT2D eigenvalue weighted by atomic mass is 10.1. The van der Waals surface area contributed by atoms with Crippen LogP contribution in [0.4, 0.5) is 0 Å². The molecule has 0 amide bonds. The Kier molecular flexibility index (Phi) is 3.47. The molecule has 0 spiro atoms. The molecule has 2 N–H and O–H groups in total. The number of aromatic nitrogens is 4. The number of rotatable bonds is 5. The van der Waals surface area contributed by atoms with E-state index in [0.717, 1.165) is 18.7 Å². The largest absolute Gasteiger partial charge is 0.337 e. The van der Waals surface area contributed by atoms with Crippen molar-refractivity contribution < 1.29 is 4.52 Å². The van der Waals surface area contributed by atoms with Gasteiger partial charge in [0, 0.05) is 18.8 Å². The third kappa shape index (κ3) is 2.76. The SMILES string of the molecule is CCCc1nccn1Cc1nc(C(C)(C)N)no1. The molecule has 18 heavy (non-hydrogen) atoms. The van der Waals surface area contributed by atoms with E-state index in [1.807, 2.05) is 24.6 Å². The molecule has 0 fully saturated rings. The number of nitrogens with zero attached hydrogens (tertiary/aromatic N) is 4. The minimum Gasteiger partial charge on any atom is -0.337 e. The Labute approximate surface area is 106 Å². The van der Waals surface area contributed by atoms with Gasteiger partial charge in [0.15, 0.2) is 5.82 Å². The molecule has 2 rings (SSSR count). The number of aryl methyl sites for hydroxylation is 1. The molecule has 0 bridgehead atoms. The van der Waals surface area contributed by atoms with Crippen molar-refractivity contribution >= 4 is 0 Å². The number of imidazole rings is 1. The Balaban J connectivity index is 2.14. The zero-order valence-electron chi connectivity index (χ0n) is 11.1. The minimum absolute atomic E-state index is 0.523. The van der Waals surface area contributed by atoms with Gasteiger partial charge in [-0.25, -0.2) is 4.98 Å². The molecule has 0 aliphatic heterocycles. The molecule has 2 aromatic heterocycles. The monoisotopic (exact) mass is 249 g/mol. The normalized spacial score (nSPS) is 12.0. The highest BCUT2D eigenvalue weighted by atomic mass is 16.5. The number of hydrogen-bond donors (Lipinski definition) is 1. The highest BCUT2D eigenvalue weighted by molar-refractivity contribution is 5.01. The molecule has 2 aromatic rings. The van der Waals surface area contributed by atoms with Gasteiger partial charge in [-0.3, -0.25) is 0 Å². The van der Waals surface area contributed by atoms with Crippen molar-refractivity contribution in [3.05, 3.63) is 29.9 Å². The van der Waals surface area contributed by atoms with Crippen LogP contribution in [0.2, 0.25) is 0 Å². The number of nitrogens with two attached hydrogens (primary N) is 1. The van der Waals surface area contributed by atoms with Crippen LogP contribution in [0.3, 0.4) is 0 Å². The molecule has 98 valence electrons. The topological polar surface area (TPSA) is 82.8 Å². The van der Waals surface area contributed by atoms with Crippen LogP contribution in [0.5, 0.6) is 0 Å². The molecule has 0 saturated carbocycles. The highest BCUT2D eigenvalue weighted by Gasteiger charge is 2.21. The molecule has 2 heterocycles. The Hall–Kier alpha value is -1.69. The zero-order chi connectivity index (χ0) is 13.2. The zero-order valence-corrected chi connectivity index (χ0v) is 11.1. The lowest BCUT2D eigenvalue weighted by molar-refractivity contribution is 0.354. The summed E-state index contributed by atoms with van der Waals surface area (Å²) in [5.74, 6) is 2.11. The van der Waals surface area contributed by atoms with E-state index < -0.39 is 5.54 Å². The average molecular weight is 249 g/mol. The van der Waals surface area contributed by atoms with Gasteiger partial charge in [-0.1, -0.05) is 12.1 Å². The average Bonchev–Trinajstić information content (AvgIpc) is 2.89. The molecule has 6 heteroatoms. The quantitative estimate of drug-likeness (QED) is 0.867. The summed E-state index contributed by atoms with van der Waals surface area (Å²) in [5, 5.41) is 3.90. The predicted octanol–water partition coefficient (Wildman–Crippen LogP) is 1.46. The summed E-state index contributed by atoms with van der Waals surface area (Å²) in [7, 11) is 0. The smallest absolute Gasteiger partial charge is 0.246 e. The second-order valence-electron chi connectivity index (χ2n) is 4.95. The van der Waals surface area contributed by atoms with Crippen LogP contribution >= 0.6 is 0 Å². The van der Waals surface area contributed by atoms with Crippen molar-refractivity contribution in [2.45, 2.75) is 45.7 Å². The molecule has 0 aromatic carbocycles. The van der Waals surface area contributed by atoms with E-state index in [1.54, 1.807) is 6.20 Å². The lowest BCUT2D eigenvalue weighted by Gasteiger charge is -2.11. The van der Waals surface area contributed by atoms with Gasteiger partial charge in [-0.15, -0.1) is 0 Å². The van der Waals surface area contributed by atoms with Crippen LogP contribution in [0.1, 0.15) is 44.7 Å². The highest BCUT2D eigenvalue weighted by Crippen LogP contribution is 2.13. The third-order valence-corrected chi connectivity index (χ3v) is 2.63. The second-order valence-corrected chi connectivity index (χ2v) is 4.95. The minimum atomic E-state index is -0.580.